The predicted molar refractivity (Wildman–Crippen MR) is 51.0 cm³/mol. The van der Waals surface area contributed by atoms with Crippen molar-refractivity contribution in [1.29, 1.82) is 0 Å². The summed E-state index contributed by atoms with van der Waals surface area (Å²) in [6, 6.07) is -0.266. The molecule has 1 fully saturated rings. The van der Waals surface area contributed by atoms with Gasteiger partial charge >= 0.3 is 12.0 Å². The minimum Gasteiger partial charge on any atom is -0.481 e. The quantitative estimate of drug-likeness (QED) is 0.606. The summed E-state index contributed by atoms with van der Waals surface area (Å²) in [5.41, 5.74) is 0. The highest BCUT2D eigenvalue weighted by Crippen LogP contribution is 2.24. The van der Waals surface area contributed by atoms with Crippen LogP contribution in [0.3, 0.4) is 0 Å². The van der Waals surface area contributed by atoms with Crippen LogP contribution in [0.15, 0.2) is 0 Å². The van der Waals surface area contributed by atoms with Crippen molar-refractivity contribution in [1.82, 2.24) is 10.6 Å². The topological polar surface area (TPSA) is 78.4 Å². The van der Waals surface area contributed by atoms with Crippen LogP contribution >= 0.6 is 0 Å². The average molecular weight is 200 g/mol. The molecule has 3 N–H and O–H groups in total. The van der Waals surface area contributed by atoms with Gasteiger partial charge in [0.15, 0.2) is 0 Å². The van der Waals surface area contributed by atoms with Crippen LogP contribution in [-0.4, -0.2) is 30.2 Å². The van der Waals surface area contributed by atoms with Crippen LogP contribution in [0.25, 0.3) is 0 Å². The van der Waals surface area contributed by atoms with E-state index in [1.165, 1.54) is 19.3 Å². The Morgan fingerprint density at radius 3 is 2.50 bits per heavy atom. The van der Waals surface area contributed by atoms with Crippen LogP contribution in [0.5, 0.6) is 0 Å². The number of carboxylic acid groups (broad SMARTS) is 1. The van der Waals surface area contributed by atoms with Gasteiger partial charge in [-0.25, -0.2) is 4.79 Å². The van der Waals surface area contributed by atoms with E-state index in [1.54, 1.807) is 0 Å². The summed E-state index contributed by atoms with van der Waals surface area (Å²) in [5.74, 6) is -0.274. The van der Waals surface area contributed by atoms with Crippen molar-refractivity contribution in [2.75, 3.05) is 13.1 Å². The number of amides is 2. The fourth-order valence-corrected chi connectivity index (χ4v) is 1.28. The van der Waals surface area contributed by atoms with Crippen molar-refractivity contribution in [3.05, 3.63) is 0 Å². The molecule has 1 saturated carbocycles. The smallest absolute Gasteiger partial charge is 0.314 e. The lowest BCUT2D eigenvalue weighted by atomic mass is 9.85. The van der Waals surface area contributed by atoms with Crippen molar-refractivity contribution in [3.63, 3.8) is 0 Å². The minimum absolute atomic E-state index is 0.0309. The molecule has 0 saturated heterocycles. The first-order chi connectivity index (χ1) is 6.68. The van der Waals surface area contributed by atoms with E-state index in [0.29, 0.717) is 12.5 Å². The Morgan fingerprint density at radius 1 is 1.29 bits per heavy atom. The Labute approximate surface area is 82.9 Å². The zero-order valence-electron chi connectivity index (χ0n) is 8.08. The van der Waals surface area contributed by atoms with Crippen molar-refractivity contribution in [2.24, 2.45) is 5.92 Å². The van der Waals surface area contributed by atoms with Crippen LogP contribution in [-0.2, 0) is 4.79 Å². The first kappa shape index (κ1) is 10.8. The van der Waals surface area contributed by atoms with E-state index in [0.717, 1.165) is 0 Å². The Balaban J connectivity index is 1.95. The van der Waals surface area contributed by atoms with E-state index in [4.69, 9.17) is 5.11 Å². The Hall–Kier alpha value is -1.26. The third-order valence-electron chi connectivity index (χ3n) is 2.40. The third-order valence-corrected chi connectivity index (χ3v) is 2.40. The van der Waals surface area contributed by atoms with Gasteiger partial charge in [-0.05, 0) is 18.8 Å². The van der Waals surface area contributed by atoms with Gasteiger partial charge in [-0.2, -0.15) is 0 Å². The number of aliphatic carboxylic acids is 1. The molecule has 1 aliphatic carbocycles. The molecule has 0 aromatic rings. The molecule has 0 bridgehead atoms. The number of carbonyl (C=O) groups excluding carboxylic acids is 1. The van der Waals surface area contributed by atoms with Crippen LogP contribution in [0.4, 0.5) is 4.79 Å². The van der Waals surface area contributed by atoms with Gasteiger partial charge in [0, 0.05) is 13.1 Å². The Kier molecular flexibility index (Phi) is 4.22. The molecule has 0 spiro atoms. The second-order valence-electron chi connectivity index (χ2n) is 3.58. The van der Waals surface area contributed by atoms with Crippen molar-refractivity contribution < 1.29 is 14.7 Å². The SMILES string of the molecule is O=C(O)CCNC(=O)NCC1CCC1. The second-order valence-corrected chi connectivity index (χ2v) is 3.58. The summed E-state index contributed by atoms with van der Waals surface area (Å²) in [7, 11) is 0. The fourth-order valence-electron chi connectivity index (χ4n) is 1.28. The molecule has 1 rings (SSSR count). The highest BCUT2D eigenvalue weighted by atomic mass is 16.4. The first-order valence-electron chi connectivity index (χ1n) is 4.92. The molecule has 0 aliphatic heterocycles. The second kappa shape index (κ2) is 5.47. The lowest BCUT2D eigenvalue weighted by molar-refractivity contribution is -0.136. The maximum Gasteiger partial charge on any atom is 0.314 e. The standard InChI is InChI=1S/C9H16N2O3/c12-8(13)4-5-10-9(14)11-6-7-2-1-3-7/h7H,1-6H2,(H,12,13)(H2,10,11,14). The molecule has 5 heteroatoms. The monoisotopic (exact) mass is 200 g/mol. The minimum atomic E-state index is -0.899. The van der Waals surface area contributed by atoms with Gasteiger partial charge in [0.2, 0.25) is 0 Å². The van der Waals surface area contributed by atoms with Gasteiger partial charge in [-0.3, -0.25) is 4.79 Å². The van der Waals surface area contributed by atoms with Crippen LogP contribution < -0.4 is 10.6 Å². The van der Waals surface area contributed by atoms with Crippen molar-refractivity contribution in [3.8, 4) is 0 Å². The highest BCUT2D eigenvalue weighted by molar-refractivity contribution is 5.74. The molecule has 80 valence electrons. The third kappa shape index (κ3) is 4.11. The Bertz CT molecular complexity index is 214. The largest absolute Gasteiger partial charge is 0.481 e. The van der Waals surface area contributed by atoms with E-state index < -0.39 is 5.97 Å². The summed E-state index contributed by atoms with van der Waals surface area (Å²) in [5, 5.41) is 13.5. The average Bonchev–Trinajstić information content (AvgIpc) is 2.00. The number of carbonyl (C=O) groups is 2. The molecular formula is C9H16N2O3. The van der Waals surface area contributed by atoms with E-state index in [9.17, 15) is 9.59 Å². The number of rotatable bonds is 5. The summed E-state index contributed by atoms with van der Waals surface area (Å²) in [4.78, 5) is 21.2. The fraction of sp³-hybridized carbons (Fsp3) is 0.778. The van der Waals surface area contributed by atoms with E-state index >= 15 is 0 Å². The predicted octanol–water partition coefficient (Wildman–Crippen LogP) is 0.560. The van der Waals surface area contributed by atoms with Crippen molar-refractivity contribution in [2.45, 2.75) is 25.7 Å². The molecule has 0 unspecified atom stereocenters. The summed E-state index contributed by atoms with van der Waals surface area (Å²) < 4.78 is 0. The van der Waals surface area contributed by atoms with E-state index in [1.807, 2.05) is 0 Å². The van der Waals surface area contributed by atoms with Crippen LogP contribution in [0.1, 0.15) is 25.7 Å². The molecule has 0 aromatic carbocycles. The number of carboxylic acids is 1. The van der Waals surface area contributed by atoms with Crippen LogP contribution in [0, 0.1) is 5.92 Å². The maximum absolute atomic E-state index is 11.1. The molecule has 0 atom stereocenters. The van der Waals surface area contributed by atoms with Gasteiger partial charge in [0.05, 0.1) is 6.42 Å². The Morgan fingerprint density at radius 2 is 2.00 bits per heavy atom. The molecule has 0 heterocycles. The van der Waals surface area contributed by atoms with E-state index in [-0.39, 0.29) is 19.0 Å². The number of urea groups is 1. The summed E-state index contributed by atoms with van der Waals surface area (Å²) in [6.45, 7) is 0.894. The zero-order valence-corrected chi connectivity index (χ0v) is 8.08. The summed E-state index contributed by atoms with van der Waals surface area (Å²) >= 11 is 0. The molecule has 5 nitrogen and oxygen atoms in total. The van der Waals surface area contributed by atoms with Crippen LogP contribution in [0.2, 0.25) is 0 Å². The molecule has 14 heavy (non-hydrogen) atoms. The summed E-state index contributed by atoms with van der Waals surface area (Å²) in [6.07, 6.45) is 3.61. The van der Waals surface area contributed by atoms with Gasteiger partial charge in [-0.15, -0.1) is 0 Å². The first-order valence-corrected chi connectivity index (χ1v) is 4.92. The molecule has 2 amide bonds. The van der Waals surface area contributed by atoms with Gasteiger partial charge < -0.3 is 15.7 Å². The normalized spacial score (nSPS) is 15.7. The maximum atomic E-state index is 11.1. The zero-order chi connectivity index (χ0) is 10.4. The molecule has 0 radical (unpaired) electrons. The number of nitrogens with one attached hydrogen (secondary N) is 2. The lowest BCUT2D eigenvalue weighted by Gasteiger charge is -2.25. The number of hydrogen-bond acceptors (Lipinski definition) is 2. The van der Waals surface area contributed by atoms with Gasteiger partial charge in [0.25, 0.3) is 0 Å². The lowest BCUT2D eigenvalue weighted by Crippen LogP contribution is -2.40. The van der Waals surface area contributed by atoms with Gasteiger partial charge in [0.1, 0.15) is 0 Å². The highest BCUT2D eigenvalue weighted by Gasteiger charge is 2.17. The van der Waals surface area contributed by atoms with Crippen molar-refractivity contribution >= 4 is 12.0 Å². The van der Waals surface area contributed by atoms with Gasteiger partial charge in [-0.1, -0.05) is 6.42 Å². The molecule has 0 aromatic heterocycles. The van der Waals surface area contributed by atoms with E-state index in [2.05, 4.69) is 10.6 Å². The molecular weight excluding hydrogens is 184 g/mol. The molecule has 1 aliphatic rings. The number of hydrogen-bond donors (Lipinski definition) is 3.